The number of urea groups is 4. The maximum absolute atomic E-state index is 13.9. The molecule has 0 heterocycles. The Hall–Kier alpha value is -3.36. The van der Waals surface area contributed by atoms with Crippen LogP contribution >= 0.6 is 6.83 Å². The number of benzene rings is 1. The van der Waals surface area contributed by atoms with Gasteiger partial charge < -0.3 is 0 Å². The summed E-state index contributed by atoms with van der Waals surface area (Å²) in [6, 6.07) is 5.08. The third-order valence-corrected chi connectivity index (χ3v) is 13.7. The summed E-state index contributed by atoms with van der Waals surface area (Å²) in [6.45, 7) is -4.69. The van der Waals surface area contributed by atoms with Gasteiger partial charge in [-0.25, -0.2) is 0 Å². The van der Waals surface area contributed by atoms with Crippen molar-refractivity contribution in [3.05, 3.63) is 30.3 Å². The van der Waals surface area contributed by atoms with Gasteiger partial charge in [-0.2, -0.15) is 0 Å². The number of hydrogen-bond donors (Lipinski definition) is 4. The van der Waals surface area contributed by atoms with Crippen molar-refractivity contribution in [3.8, 4) is 0 Å². The average Bonchev–Trinajstić information content (AvgIpc) is 2.90. The quantitative estimate of drug-likeness (QED) is 0.275. The monoisotopic (exact) mass is 592 g/mol. The van der Waals surface area contributed by atoms with Gasteiger partial charge in [0.15, 0.2) is 0 Å². The van der Waals surface area contributed by atoms with Crippen LogP contribution in [0.5, 0.6) is 0 Å². The summed E-state index contributed by atoms with van der Waals surface area (Å²) in [7, 11) is 6.76. The molecule has 8 amide bonds. The Morgan fingerprint density at radius 1 is 0.641 bits per heavy atom. The van der Waals surface area contributed by atoms with Crippen LogP contribution in [0.15, 0.2) is 35.2 Å². The van der Waals surface area contributed by atoms with Crippen LogP contribution in [0.4, 0.5) is 19.2 Å². The number of carbonyl (C=O) groups is 4. The standard InChI is InChI=1S/C22H41N8O7PS/c1-23-19(31)27(5)14-38(15-28(6)20(32)24-2,16-29(7)21(33)25-3,17-30(8)22(34)26-4)37-39(35,36)18-12-10-9-11-13-18/h9-13H,14-17H2,1-8H3,(H,23,31)(H,24,32)(H,25,33)(H,26,34). The summed E-state index contributed by atoms with van der Waals surface area (Å²) in [6.07, 6.45) is -1.38. The molecule has 0 aliphatic carbocycles. The fourth-order valence-corrected chi connectivity index (χ4v) is 13.6. The van der Waals surface area contributed by atoms with E-state index in [-0.39, 0.29) is 30.0 Å². The fourth-order valence-electron chi connectivity index (χ4n) is 4.44. The van der Waals surface area contributed by atoms with E-state index < -0.39 is 41.1 Å². The Kier molecular flexibility index (Phi) is 11.8. The summed E-state index contributed by atoms with van der Waals surface area (Å²) >= 11 is 0. The number of nitrogens with one attached hydrogen (secondary N) is 4. The molecule has 0 radical (unpaired) electrons. The summed E-state index contributed by atoms with van der Waals surface area (Å²) in [5.41, 5.74) is 0. The number of hydrogen-bond acceptors (Lipinski definition) is 7. The minimum absolute atomic E-state index is 0.172. The van der Waals surface area contributed by atoms with Gasteiger partial charge in [-0.05, 0) is 0 Å². The minimum atomic E-state index is -4.69. The molecule has 0 aromatic heterocycles. The van der Waals surface area contributed by atoms with Crippen LogP contribution in [-0.2, 0) is 14.1 Å². The first kappa shape index (κ1) is 33.7. The van der Waals surface area contributed by atoms with Crippen molar-refractivity contribution in [2.45, 2.75) is 4.90 Å². The van der Waals surface area contributed by atoms with Gasteiger partial charge in [0.1, 0.15) is 0 Å². The van der Waals surface area contributed by atoms with E-state index in [1.807, 2.05) is 0 Å². The van der Waals surface area contributed by atoms with Crippen molar-refractivity contribution in [1.29, 1.82) is 0 Å². The van der Waals surface area contributed by atoms with Gasteiger partial charge in [-0.1, -0.05) is 0 Å². The van der Waals surface area contributed by atoms with Crippen LogP contribution < -0.4 is 21.3 Å². The Bertz CT molecular complexity index is 1030. The zero-order valence-corrected chi connectivity index (χ0v) is 25.4. The van der Waals surface area contributed by atoms with Crippen molar-refractivity contribution < 1.29 is 31.6 Å². The van der Waals surface area contributed by atoms with Gasteiger partial charge in [-0.15, -0.1) is 0 Å². The predicted molar refractivity (Wildman–Crippen MR) is 150 cm³/mol. The second-order valence-corrected chi connectivity index (χ2v) is 16.1. The van der Waals surface area contributed by atoms with Gasteiger partial charge in [0.05, 0.1) is 0 Å². The van der Waals surface area contributed by atoms with E-state index in [9.17, 15) is 27.6 Å². The van der Waals surface area contributed by atoms with Crippen LogP contribution in [-0.4, -0.2) is 134 Å². The van der Waals surface area contributed by atoms with Crippen LogP contribution in [0, 0.1) is 0 Å². The van der Waals surface area contributed by atoms with Gasteiger partial charge in [-0.3, -0.25) is 0 Å². The molecule has 0 atom stereocenters. The van der Waals surface area contributed by atoms with Gasteiger partial charge in [0.25, 0.3) is 0 Å². The Balaban J connectivity index is 4.15. The Labute approximate surface area is 230 Å². The third-order valence-electron chi connectivity index (χ3n) is 5.86. The van der Waals surface area contributed by atoms with Gasteiger partial charge >= 0.3 is 230 Å². The van der Waals surface area contributed by atoms with E-state index in [1.54, 1.807) is 6.07 Å². The zero-order valence-electron chi connectivity index (χ0n) is 23.7. The number of nitrogens with zero attached hydrogens (tertiary/aromatic N) is 4. The topological polar surface area (TPSA) is 173 Å². The molecule has 0 aliphatic heterocycles. The molecule has 0 unspecified atom stereocenters. The summed E-state index contributed by atoms with van der Waals surface area (Å²) in [5.74, 6) is 0. The van der Waals surface area contributed by atoms with E-state index in [1.165, 1.54) is 100 Å². The molecule has 15 nitrogen and oxygen atoms in total. The van der Waals surface area contributed by atoms with E-state index >= 15 is 0 Å². The van der Waals surface area contributed by atoms with Gasteiger partial charge in [0.2, 0.25) is 0 Å². The Morgan fingerprint density at radius 3 is 1.18 bits per heavy atom. The normalized spacial score (nSPS) is 12.3. The molecule has 222 valence electrons. The molecule has 1 rings (SSSR count). The SMILES string of the molecule is CNC(=O)N(C)CP(CN(C)C(=O)NC)(CN(C)C(=O)NC)(CN(C)C(=O)NC)OS(=O)(=O)c1ccccc1. The first-order valence-electron chi connectivity index (χ1n) is 11.8. The van der Waals surface area contributed by atoms with Crippen LogP contribution in [0.25, 0.3) is 0 Å². The molecule has 1 aromatic carbocycles. The van der Waals surface area contributed by atoms with Crippen LogP contribution in [0.3, 0.4) is 0 Å². The molecule has 0 saturated carbocycles. The van der Waals surface area contributed by atoms with E-state index in [0.717, 1.165) is 0 Å². The third kappa shape index (κ3) is 8.57. The first-order chi connectivity index (χ1) is 18.1. The molecular formula is C22H41N8O7PS. The second-order valence-electron chi connectivity index (χ2n) is 9.28. The summed E-state index contributed by atoms with van der Waals surface area (Å²) < 4.78 is 34.0. The molecule has 1 aromatic rings. The fraction of sp³-hybridized carbons (Fsp3) is 0.545. The number of rotatable bonds is 11. The Morgan fingerprint density at radius 2 is 0.923 bits per heavy atom. The molecule has 39 heavy (non-hydrogen) atoms. The van der Waals surface area contributed by atoms with Crippen molar-refractivity contribution in [2.24, 2.45) is 0 Å². The molecule has 0 fully saturated rings. The molecular weight excluding hydrogens is 551 g/mol. The van der Waals surface area contributed by atoms with Crippen LogP contribution in [0.1, 0.15) is 0 Å². The van der Waals surface area contributed by atoms with E-state index in [4.69, 9.17) is 3.97 Å². The van der Waals surface area contributed by atoms with Crippen molar-refractivity contribution in [1.82, 2.24) is 40.9 Å². The zero-order chi connectivity index (χ0) is 30.0. The van der Waals surface area contributed by atoms with Crippen molar-refractivity contribution in [3.63, 3.8) is 0 Å². The maximum atomic E-state index is 13.9. The number of amides is 8. The molecule has 17 heteroatoms. The predicted octanol–water partition coefficient (Wildman–Crippen LogP) is 0.775. The van der Waals surface area contributed by atoms with Gasteiger partial charge in [0, 0.05) is 0 Å². The van der Waals surface area contributed by atoms with E-state index in [2.05, 4.69) is 21.3 Å². The first-order valence-corrected chi connectivity index (χ1v) is 16.1. The summed E-state index contributed by atoms with van der Waals surface area (Å²) in [5, 5.41) is 9.94. The molecule has 0 aliphatic rings. The number of carbonyl (C=O) groups excluding carboxylic acids is 4. The van der Waals surface area contributed by atoms with E-state index in [0.29, 0.717) is 0 Å². The van der Waals surface area contributed by atoms with Crippen molar-refractivity contribution in [2.75, 3.05) is 81.5 Å². The molecule has 0 spiro atoms. The van der Waals surface area contributed by atoms with Crippen molar-refractivity contribution >= 4 is 41.1 Å². The summed E-state index contributed by atoms with van der Waals surface area (Å²) in [4.78, 5) is 55.7. The van der Waals surface area contributed by atoms with Crippen LogP contribution in [0.2, 0.25) is 0 Å². The molecule has 0 saturated heterocycles. The average molecular weight is 593 g/mol. The molecule has 0 bridgehead atoms. The molecule has 4 N–H and O–H groups in total. The second kappa shape index (κ2) is 13.6.